The Labute approximate surface area is 73.7 Å². The molecule has 0 unspecified atom stereocenters. The number of nitrogens with one attached hydrogen (secondary N) is 1. The molecule has 70 valence electrons. The number of amides is 2. The van der Waals surface area contributed by atoms with Crippen LogP contribution < -0.4 is 11.1 Å². The first-order chi connectivity index (χ1) is 5.79. The number of carbonyl (C=O) groups excluding carboxylic acids is 1. The largest absolute Gasteiger partial charge is 0.352 e. The third kappa shape index (κ3) is 3.60. The molecule has 0 saturated heterocycles. The zero-order valence-corrected chi connectivity index (χ0v) is 7.51. The van der Waals surface area contributed by atoms with Gasteiger partial charge in [0.1, 0.15) is 0 Å². The maximum absolute atomic E-state index is 10.4. The average molecular weight is 170 g/mol. The molecule has 1 fully saturated rings. The Morgan fingerprint density at radius 2 is 2.00 bits per heavy atom. The Kier molecular flexibility index (Phi) is 3.91. The lowest BCUT2D eigenvalue weighted by atomic mass is 9.87. The van der Waals surface area contributed by atoms with Crippen LogP contribution in [0.15, 0.2) is 0 Å². The number of rotatable bonds is 3. The molecule has 1 aliphatic rings. The molecule has 0 bridgehead atoms. The fourth-order valence-corrected chi connectivity index (χ4v) is 1.88. The summed E-state index contributed by atoms with van der Waals surface area (Å²) in [6, 6.07) is -0.397. The Hall–Kier alpha value is -0.730. The molecule has 1 saturated carbocycles. The molecule has 0 aromatic carbocycles. The van der Waals surface area contributed by atoms with E-state index in [1.165, 1.54) is 32.1 Å². The van der Waals surface area contributed by atoms with Crippen molar-refractivity contribution in [3.63, 3.8) is 0 Å². The second kappa shape index (κ2) is 5.01. The van der Waals surface area contributed by atoms with Gasteiger partial charge in [-0.3, -0.25) is 0 Å². The SMILES string of the molecule is NC(=O)NCCC1CCCCC1. The van der Waals surface area contributed by atoms with Gasteiger partial charge in [-0.25, -0.2) is 4.79 Å². The van der Waals surface area contributed by atoms with E-state index in [1.54, 1.807) is 0 Å². The molecule has 0 heterocycles. The van der Waals surface area contributed by atoms with Gasteiger partial charge < -0.3 is 11.1 Å². The van der Waals surface area contributed by atoms with Crippen molar-refractivity contribution in [1.29, 1.82) is 0 Å². The van der Waals surface area contributed by atoms with E-state index in [-0.39, 0.29) is 0 Å². The second-order valence-electron chi connectivity index (χ2n) is 3.58. The highest BCUT2D eigenvalue weighted by molar-refractivity contribution is 5.71. The number of urea groups is 1. The molecule has 0 spiro atoms. The quantitative estimate of drug-likeness (QED) is 0.664. The summed E-state index contributed by atoms with van der Waals surface area (Å²) in [5.74, 6) is 0.825. The average Bonchev–Trinajstić information content (AvgIpc) is 2.05. The van der Waals surface area contributed by atoms with Gasteiger partial charge in [0.25, 0.3) is 0 Å². The van der Waals surface area contributed by atoms with E-state index in [9.17, 15) is 4.79 Å². The van der Waals surface area contributed by atoms with Crippen LogP contribution in [0.4, 0.5) is 4.79 Å². The summed E-state index contributed by atoms with van der Waals surface area (Å²) in [4.78, 5) is 10.4. The minimum atomic E-state index is -0.397. The molecule has 3 nitrogen and oxygen atoms in total. The molecular formula is C9H18N2O. The fourth-order valence-electron chi connectivity index (χ4n) is 1.88. The Bertz CT molecular complexity index is 141. The lowest BCUT2D eigenvalue weighted by molar-refractivity contribution is 0.247. The predicted molar refractivity (Wildman–Crippen MR) is 48.8 cm³/mol. The number of nitrogens with two attached hydrogens (primary N) is 1. The van der Waals surface area contributed by atoms with Crippen molar-refractivity contribution in [2.24, 2.45) is 11.7 Å². The Morgan fingerprint density at radius 1 is 1.33 bits per heavy atom. The van der Waals surface area contributed by atoms with Crippen LogP contribution in [0.1, 0.15) is 38.5 Å². The molecule has 0 aromatic heterocycles. The first-order valence-corrected chi connectivity index (χ1v) is 4.82. The van der Waals surface area contributed by atoms with Crippen molar-refractivity contribution in [3.05, 3.63) is 0 Å². The third-order valence-corrected chi connectivity index (χ3v) is 2.58. The summed E-state index contributed by atoms with van der Waals surface area (Å²) in [5, 5.41) is 2.63. The summed E-state index contributed by atoms with van der Waals surface area (Å²) < 4.78 is 0. The van der Waals surface area contributed by atoms with E-state index in [2.05, 4.69) is 5.32 Å². The van der Waals surface area contributed by atoms with Gasteiger partial charge >= 0.3 is 6.03 Å². The van der Waals surface area contributed by atoms with Crippen LogP contribution >= 0.6 is 0 Å². The predicted octanol–water partition coefficient (Wildman–Crippen LogP) is 1.63. The van der Waals surface area contributed by atoms with Crippen molar-refractivity contribution >= 4 is 6.03 Å². The summed E-state index contributed by atoms with van der Waals surface area (Å²) in [7, 11) is 0. The topological polar surface area (TPSA) is 55.1 Å². The number of primary amides is 1. The van der Waals surface area contributed by atoms with Crippen molar-refractivity contribution in [1.82, 2.24) is 5.32 Å². The smallest absolute Gasteiger partial charge is 0.312 e. The first-order valence-electron chi connectivity index (χ1n) is 4.82. The van der Waals surface area contributed by atoms with Crippen molar-refractivity contribution in [2.45, 2.75) is 38.5 Å². The standard InChI is InChI=1S/C9H18N2O/c10-9(12)11-7-6-8-4-2-1-3-5-8/h8H,1-7H2,(H3,10,11,12). The minimum absolute atomic E-state index is 0.397. The molecule has 12 heavy (non-hydrogen) atoms. The van der Waals surface area contributed by atoms with Gasteiger partial charge in [0.15, 0.2) is 0 Å². The number of carbonyl (C=O) groups is 1. The van der Waals surface area contributed by atoms with E-state index in [0.29, 0.717) is 0 Å². The van der Waals surface area contributed by atoms with E-state index in [1.807, 2.05) is 0 Å². The van der Waals surface area contributed by atoms with Crippen LogP contribution in [0.2, 0.25) is 0 Å². The zero-order valence-electron chi connectivity index (χ0n) is 7.51. The molecule has 0 aromatic rings. The van der Waals surface area contributed by atoms with Gasteiger partial charge in [-0.15, -0.1) is 0 Å². The first kappa shape index (κ1) is 9.36. The fraction of sp³-hybridized carbons (Fsp3) is 0.889. The molecule has 2 amide bonds. The van der Waals surface area contributed by atoms with Crippen molar-refractivity contribution in [3.8, 4) is 0 Å². The lowest BCUT2D eigenvalue weighted by Gasteiger charge is -2.21. The molecule has 1 rings (SSSR count). The molecule has 0 radical (unpaired) electrons. The van der Waals surface area contributed by atoms with Gasteiger partial charge in [-0.05, 0) is 12.3 Å². The van der Waals surface area contributed by atoms with E-state index in [0.717, 1.165) is 18.9 Å². The van der Waals surface area contributed by atoms with Crippen LogP contribution in [-0.4, -0.2) is 12.6 Å². The zero-order chi connectivity index (χ0) is 8.81. The molecule has 3 N–H and O–H groups in total. The summed E-state index contributed by atoms with van der Waals surface area (Å²) in [5.41, 5.74) is 4.96. The summed E-state index contributed by atoms with van der Waals surface area (Å²) in [6.07, 6.45) is 7.88. The van der Waals surface area contributed by atoms with Crippen molar-refractivity contribution in [2.75, 3.05) is 6.54 Å². The van der Waals surface area contributed by atoms with Crippen LogP contribution in [0.25, 0.3) is 0 Å². The summed E-state index contributed by atoms with van der Waals surface area (Å²) >= 11 is 0. The molecule has 1 aliphatic carbocycles. The minimum Gasteiger partial charge on any atom is -0.352 e. The van der Waals surface area contributed by atoms with Gasteiger partial charge in [0, 0.05) is 6.54 Å². The normalized spacial score (nSPS) is 19.0. The number of hydrogen-bond acceptors (Lipinski definition) is 1. The number of hydrogen-bond donors (Lipinski definition) is 2. The van der Waals surface area contributed by atoms with Gasteiger partial charge in [-0.2, -0.15) is 0 Å². The Morgan fingerprint density at radius 3 is 2.58 bits per heavy atom. The van der Waals surface area contributed by atoms with E-state index < -0.39 is 6.03 Å². The molecule has 0 atom stereocenters. The van der Waals surface area contributed by atoms with Gasteiger partial charge in [0.2, 0.25) is 0 Å². The lowest BCUT2D eigenvalue weighted by Crippen LogP contribution is -2.31. The van der Waals surface area contributed by atoms with Crippen LogP contribution in [0.3, 0.4) is 0 Å². The molecule has 3 heteroatoms. The maximum atomic E-state index is 10.4. The van der Waals surface area contributed by atoms with Crippen LogP contribution in [0.5, 0.6) is 0 Å². The van der Waals surface area contributed by atoms with Gasteiger partial charge in [0.05, 0.1) is 0 Å². The van der Waals surface area contributed by atoms with Crippen molar-refractivity contribution < 1.29 is 4.79 Å². The summed E-state index contributed by atoms with van der Waals surface area (Å²) in [6.45, 7) is 0.750. The molecular weight excluding hydrogens is 152 g/mol. The second-order valence-corrected chi connectivity index (χ2v) is 3.58. The van der Waals surface area contributed by atoms with Gasteiger partial charge in [-0.1, -0.05) is 32.1 Å². The highest BCUT2D eigenvalue weighted by Crippen LogP contribution is 2.25. The highest BCUT2D eigenvalue weighted by Gasteiger charge is 2.12. The van der Waals surface area contributed by atoms with Crippen LogP contribution in [-0.2, 0) is 0 Å². The molecule has 0 aliphatic heterocycles. The monoisotopic (exact) mass is 170 g/mol. The third-order valence-electron chi connectivity index (χ3n) is 2.58. The van der Waals surface area contributed by atoms with E-state index >= 15 is 0 Å². The van der Waals surface area contributed by atoms with E-state index in [4.69, 9.17) is 5.73 Å². The Balaban J connectivity index is 2.01. The maximum Gasteiger partial charge on any atom is 0.312 e. The highest BCUT2D eigenvalue weighted by atomic mass is 16.2. The van der Waals surface area contributed by atoms with Crippen LogP contribution in [0, 0.1) is 5.92 Å².